The monoisotopic (exact) mass is 264 g/mol. The van der Waals surface area contributed by atoms with E-state index in [1.165, 1.54) is 0 Å². The van der Waals surface area contributed by atoms with E-state index in [1.54, 1.807) is 12.1 Å². The van der Waals surface area contributed by atoms with Crippen molar-refractivity contribution in [2.24, 2.45) is 0 Å². The Labute approximate surface area is 110 Å². The van der Waals surface area contributed by atoms with Crippen LogP contribution in [0.3, 0.4) is 0 Å². The van der Waals surface area contributed by atoms with Crippen LogP contribution in [0.25, 0.3) is 0 Å². The Kier molecular flexibility index (Phi) is 3.16. The Morgan fingerprint density at radius 3 is 3.11 bits per heavy atom. The predicted molar refractivity (Wildman–Crippen MR) is 67.1 cm³/mol. The van der Waals surface area contributed by atoms with Crippen molar-refractivity contribution >= 4 is 5.91 Å². The molecule has 0 radical (unpaired) electrons. The maximum absolute atomic E-state index is 11.3. The van der Waals surface area contributed by atoms with Gasteiger partial charge in [-0.1, -0.05) is 0 Å². The van der Waals surface area contributed by atoms with Crippen molar-refractivity contribution in [2.45, 2.75) is 13.0 Å². The average Bonchev–Trinajstić information content (AvgIpc) is 2.78. The van der Waals surface area contributed by atoms with E-state index in [-0.39, 0.29) is 18.4 Å². The van der Waals surface area contributed by atoms with Crippen molar-refractivity contribution in [2.75, 3.05) is 26.4 Å². The van der Waals surface area contributed by atoms with E-state index in [1.807, 2.05) is 0 Å². The van der Waals surface area contributed by atoms with Gasteiger partial charge in [-0.25, -0.2) is 0 Å². The second-order valence-electron chi connectivity index (χ2n) is 4.67. The smallest absolute Gasteiger partial charge is 0.231 e. The number of hydrogen-bond acceptors (Lipinski definition) is 5. The fraction of sp³-hybridized carbons (Fsp3) is 0.462. The van der Waals surface area contributed by atoms with Crippen molar-refractivity contribution in [1.82, 2.24) is 10.2 Å². The number of fused-ring (bicyclic) bond motifs is 1. The average molecular weight is 264 g/mol. The van der Waals surface area contributed by atoms with Gasteiger partial charge < -0.3 is 19.9 Å². The van der Waals surface area contributed by atoms with Crippen molar-refractivity contribution in [3.8, 4) is 17.2 Å². The summed E-state index contributed by atoms with van der Waals surface area (Å²) in [7, 11) is 0. The molecule has 2 N–H and O–H groups in total. The summed E-state index contributed by atoms with van der Waals surface area (Å²) in [6.45, 7) is 2.80. The number of phenols is 1. The Bertz CT molecular complexity index is 504. The van der Waals surface area contributed by atoms with E-state index in [9.17, 15) is 9.90 Å². The van der Waals surface area contributed by atoms with Crippen LogP contribution in [-0.2, 0) is 11.3 Å². The minimum Gasteiger partial charge on any atom is -0.507 e. The zero-order valence-corrected chi connectivity index (χ0v) is 10.5. The number of benzene rings is 1. The number of phenolic OH excluding ortho intramolecular Hbond substituents is 1. The molecule has 19 heavy (non-hydrogen) atoms. The van der Waals surface area contributed by atoms with Gasteiger partial charge >= 0.3 is 0 Å². The topological polar surface area (TPSA) is 71.0 Å². The quantitative estimate of drug-likeness (QED) is 0.811. The van der Waals surface area contributed by atoms with E-state index in [0.29, 0.717) is 37.6 Å². The van der Waals surface area contributed by atoms with Gasteiger partial charge in [0.1, 0.15) is 5.75 Å². The fourth-order valence-electron chi connectivity index (χ4n) is 2.37. The van der Waals surface area contributed by atoms with Gasteiger partial charge in [-0.05, 0) is 12.1 Å². The van der Waals surface area contributed by atoms with Gasteiger partial charge in [-0.3, -0.25) is 9.69 Å². The summed E-state index contributed by atoms with van der Waals surface area (Å²) < 4.78 is 10.7. The van der Waals surface area contributed by atoms with Gasteiger partial charge in [0.15, 0.2) is 11.5 Å². The van der Waals surface area contributed by atoms with E-state index in [2.05, 4.69) is 10.2 Å². The summed E-state index contributed by atoms with van der Waals surface area (Å²) in [5, 5.41) is 12.8. The Morgan fingerprint density at radius 1 is 1.32 bits per heavy atom. The van der Waals surface area contributed by atoms with Crippen molar-refractivity contribution in [1.29, 1.82) is 0 Å². The molecule has 1 amide bonds. The molecule has 0 aromatic heterocycles. The van der Waals surface area contributed by atoms with Crippen molar-refractivity contribution in [3.63, 3.8) is 0 Å². The van der Waals surface area contributed by atoms with E-state index < -0.39 is 0 Å². The molecule has 2 heterocycles. The predicted octanol–water partition coefficient (Wildman–Crippen LogP) is 0.443. The van der Waals surface area contributed by atoms with Gasteiger partial charge in [0.2, 0.25) is 12.7 Å². The Balaban J connectivity index is 1.79. The summed E-state index contributed by atoms with van der Waals surface area (Å²) in [4.78, 5) is 13.4. The van der Waals surface area contributed by atoms with Crippen LogP contribution in [0.2, 0.25) is 0 Å². The lowest BCUT2D eigenvalue weighted by molar-refractivity contribution is -0.120. The fourth-order valence-corrected chi connectivity index (χ4v) is 2.37. The van der Waals surface area contributed by atoms with Gasteiger partial charge in [0, 0.05) is 32.6 Å². The molecule has 0 aliphatic carbocycles. The third-order valence-corrected chi connectivity index (χ3v) is 3.40. The normalized spacial score (nSPS) is 19.1. The molecule has 102 valence electrons. The Morgan fingerprint density at radius 2 is 2.21 bits per heavy atom. The molecule has 0 spiro atoms. The lowest BCUT2D eigenvalue weighted by Gasteiger charge is -2.20. The molecule has 0 unspecified atom stereocenters. The molecule has 2 aliphatic rings. The molecule has 0 bridgehead atoms. The third-order valence-electron chi connectivity index (χ3n) is 3.40. The first kappa shape index (κ1) is 12.1. The van der Waals surface area contributed by atoms with E-state index in [0.717, 1.165) is 12.1 Å². The van der Waals surface area contributed by atoms with Crippen molar-refractivity contribution < 1.29 is 19.4 Å². The number of aromatic hydroxyl groups is 1. The third kappa shape index (κ3) is 2.44. The number of ether oxygens (including phenoxy) is 2. The number of carbonyl (C=O) groups excluding carboxylic acids is 1. The molecule has 1 fully saturated rings. The maximum Gasteiger partial charge on any atom is 0.231 e. The maximum atomic E-state index is 11.3. The zero-order valence-electron chi connectivity index (χ0n) is 10.5. The van der Waals surface area contributed by atoms with Crippen LogP contribution < -0.4 is 14.8 Å². The molecular formula is C13H16N2O4. The highest BCUT2D eigenvalue weighted by molar-refractivity contribution is 5.76. The molecule has 0 saturated carbocycles. The van der Waals surface area contributed by atoms with Crippen LogP contribution in [0, 0.1) is 0 Å². The van der Waals surface area contributed by atoms with Crippen LogP contribution in [0.15, 0.2) is 12.1 Å². The number of rotatable bonds is 2. The molecule has 6 nitrogen and oxygen atoms in total. The molecule has 3 rings (SSSR count). The molecule has 0 atom stereocenters. The molecule has 6 heteroatoms. The summed E-state index contributed by atoms with van der Waals surface area (Å²) in [5.41, 5.74) is 0.726. The number of nitrogens with one attached hydrogen (secondary N) is 1. The summed E-state index contributed by atoms with van der Waals surface area (Å²) in [6.07, 6.45) is 0.479. The summed E-state index contributed by atoms with van der Waals surface area (Å²) in [6, 6.07) is 3.32. The van der Waals surface area contributed by atoms with E-state index in [4.69, 9.17) is 9.47 Å². The van der Waals surface area contributed by atoms with Gasteiger partial charge in [0.25, 0.3) is 0 Å². The molecule has 1 aromatic rings. The first-order valence-corrected chi connectivity index (χ1v) is 6.33. The minimum atomic E-state index is 0.0737. The molecule has 1 aromatic carbocycles. The Hall–Kier alpha value is -1.95. The number of carbonyl (C=O) groups is 1. The minimum absolute atomic E-state index is 0.0737. The van der Waals surface area contributed by atoms with Crippen LogP contribution in [0.1, 0.15) is 12.0 Å². The zero-order chi connectivity index (χ0) is 13.2. The SMILES string of the molecule is O=C1CCN(Cc2c(O)ccc3c2OCO3)CCN1. The standard InChI is InChI=1S/C13H16N2O4/c16-10-1-2-11-13(19-8-18-11)9(10)7-15-5-3-12(17)14-4-6-15/h1-2,16H,3-8H2,(H,14,17). The molecular weight excluding hydrogens is 248 g/mol. The van der Waals surface area contributed by atoms with Crippen molar-refractivity contribution in [3.05, 3.63) is 17.7 Å². The highest BCUT2D eigenvalue weighted by atomic mass is 16.7. The molecule has 1 saturated heterocycles. The van der Waals surface area contributed by atoms with Gasteiger partial charge in [-0.2, -0.15) is 0 Å². The number of hydrogen-bond donors (Lipinski definition) is 2. The lowest BCUT2D eigenvalue weighted by atomic mass is 10.1. The summed E-state index contributed by atoms with van der Waals surface area (Å²) in [5.74, 6) is 1.55. The largest absolute Gasteiger partial charge is 0.507 e. The summed E-state index contributed by atoms with van der Waals surface area (Å²) >= 11 is 0. The highest BCUT2D eigenvalue weighted by Gasteiger charge is 2.23. The van der Waals surface area contributed by atoms with Crippen LogP contribution in [-0.4, -0.2) is 42.3 Å². The van der Waals surface area contributed by atoms with E-state index >= 15 is 0 Å². The number of amides is 1. The van der Waals surface area contributed by atoms with Crippen LogP contribution in [0.4, 0.5) is 0 Å². The second kappa shape index (κ2) is 4.97. The highest BCUT2D eigenvalue weighted by Crippen LogP contribution is 2.40. The lowest BCUT2D eigenvalue weighted by Crippen LogP contribution is -2.28. The first-order chi connectivity index (χ1) is 9.24. The van der Waals surface area contributed by atoms with Gasteiger partial charge in [-0.15, -0.1) is 0 Å². The van der Waals surface area contributed by atoms with Crippen LogP contribution >= 0.6 is 0 Å². The first-order valence-electron chi connectivity index (χ1n) is 6.33. The molecule has 2 aliphatic heterocycles. The van der Waals surface area contributed by atoms with Gasteiger partial charge in [0.05, 0.1) is 5.56 Å². The van der Waals surface area contributed by atoms with Crippen LogP contribution in [0.5, 0.6) is 17.2 Å². The number of nitrogens with zero attached hydrogens (tertiary/aromatic N) is 1. The second-order valence-corrected chi connectivity index (χ2v) is 4.67.